The molecular weight excluding hydrogens is 262 g/mol. The molecule has 1 atom stereocenters. The Balaban J connectivity index is 2.12. The Morgan fingerprint density at radius 1 is 1.58 bits per heavy atom. The quantitative estimate of drug-likeness (QED) is 0.880. The average molecular weight is 277 g/mol. The molecule has 0 aliphatic carbocycles. The molecule has 0 saturated carbocycles. The molecule has 100 valence electrons. The molecule has 0 bridgehead atoms. The van der Waals surface area contributed by atoms with Crippen molar-refractivity contribution in [1.82, 2.24) is 9.97 Å². The van der Waals surface area contributed by atoms with Crippen LogP contribution in [0.15, 0.2) is 11.4 Å². The van der Waals surface area contributed by atoms with Gasteiger partial charge in [0.25, 0.3) is 0 Å². The van der Waals surface area contributed by atoms with Gasteiger partial charge in [0.1, 0.15) is 16.7 Å². The summed E-state index contributed by atoms with van der Waals surface area (Å²) in [7, 11) is 1.79. The van der Waals surface area contributed by atoms with Gasteiger partial charge >= 0.3 is 0 Å². The summed E-state index contributed by atoms with van der Waals surface area (Å²) < 4.78 is 0. The monoisotopic (exact) mass is 277 g/mol. The maximum Gasteiger partial charge on any atom is 0.240 e. The van der Waals surface area contributed by atoms with Crippen LogP contribution in [0.2, 0.25) is 0 Å². The van der Waals surface area contributed by atoms with Crippen molar-refractivity contribution in [2.45, 2.75) is 18.9 Å². The minimum absolute atomic E-state index is 0.261. The molecule has 1 amide bonds. The first-order chi connectivity index (χ1) is 9.20. The number of carbonyl (C=O) groups is 1. The third-order valence-corrected chi connectivity index (χ3v) is 4.19. The maximum absolute atomic E-state index is 11.5. The highest BCUT2D eigenvalue weighted by molar-refractivity contribution is 7.16. The summed E-state index contributed by atoms with van der Waals surface area (Å²) in [4.78, 5) is 23.4. The van der Waals surface area contributed by atoms with Gasteiger partial charge in [0.15, 0.2) is 0 Å². The molecular formula is C12H15N5OS. The molecule has 3 heterocycles. The number of nitrogens with two attached hydrogens (primary N) is 1. The van der Waals surface area contributed by atoms with Crippen molar-refractivity contribution in [3.63, 3.8) is 0 Å². The first kappa shape index (κ1) is 12.2. The molecule has 19 heavy (non-hydrogen) atoms. The number of rotatable bonds is 3. The van der Waals surface area contributed by atoms with Gasteiger partial charge < -0.3 is 16.0 Å². The molecule has 1 fully saturated rings. The van der Waals surface area contributed by atoms with Crippen molar-refractivity contribution in [1.29, 1.82) is 0 Å². The summed E-state index contributed by atoms with van der Waals surface area (Å²) in [5, 5.41) is 5.93. The van der Waals surface area contributed by atoms with Crippen LogP contribution in [0.1, 0.15) is 12.8 Å². The van der Waals surface area contributed by atoms with Gasteiger partial charge in [0.2, 0.25) is 11.9 Å². The summed E-state index contributed by atoms with van der Waals surface area (Å²) in [5.74, 6) is 1.09. The number of aromatic nitrogens is 2. The highest BCUT2D eigenvalue weighted by Gasteiger charge is 2.31. The lowest BCUT2D eigenvalue weighted by Crippen LogP contribution is -2.40. The van der Waals surface area contributed by atoms with Crippen molar-refractivity contribution in [3.05, 3.63) is 11.4 Å². The van der Waals surface area contributed by atoms with Crippen LogP contribution >= 0.6 is 11.3 Å². The summed E-state index contributed by atoms with van der Waals surface area (Å²) in [6.45, 7) is 0.804. The minimum atomic E-state index is -0.287. The van der Waals surface area contributed by atoms with Gasteiger partial charge in [-0.1, -0.05) is 0 Å². The predicted octanol–water partition coefficient (Wildman–Crippen LogP) is 1.19. The topological polar surface area (TPSA) is 84.1 Å². The normalized spacial score (nSPS) is 19.0. The number of primary amides is 1. The van der Waals surface area contributed by atoms with Crippen LogP contribution in [0.25, 0.3) is 10.2 Å². The van der Waals surface area contributed by atoms with Crippen LogP contribution in [-0.2, 0) is 4.79 Å². The zero-order chi connectivity index (χ0) is 13.4. The molecule has 1 saturated heterocycles. The molecule has 2 aromatic rings. The number of fused-ring (bicyclic) bond motifs is 1. The van der Waals surface area contributed by atoms with Crippen LogP contribution in [0, 0.1) is 0 Å². The molecule has 0 spiro atoms. The van der Waals surface area contributed by atoms with E-state index in [4.69, 9.17) is 5.73 Å². The summed E-state index contributed by atoms with van der Waals surface area (Å²) in [6, 6.07) is 1.73. The second kappa shape index (κ2) is 4.65. The highest BCUT2D eigenvalue weighted by Crippen LogP contribution is 2.33. The SMILES string of the molecule is CNc1nc(N2CCCC2C(N)=O)c2ccsc2n1. The predicted molar refractivity (Wildman–Crippen MR) is 76.5 cm³/mol. The van der Waals surface area contributed by atoms with E-state index in [1.807, 2.05) is 16.3 Å². The Hall–Kier alpha value is -1.89. The smallest absolute Gasteiger partial charge is 0.240 e. The van der Waals surface area contributed by atoms with Crippen molar-refractivity contribution in [2.75, 3.05) is 23.8 Å². The Morgan fingerprint density at radius 3 is 3.16 bits per heavy atom. The molecule has 1 aliphatic rings. The van der Waals surface area contributed by atoms with E-state index in [1.165, 1.54) is 0 Å². The van der Waals surface area contributed by atoms with Crippen molar-refractivity contribution in [2.24, 2.45) is 5.73 Å². The molecule has 1 unspecified atom stereocenters. The van der Waals surface area contributed by atoms with Gasteiger partial charge in [-0.05, 0) is 24.3 Å². The van der Waals surface area contributed by atoms with E-state index in [0.29, 0.717) is 5.95 Å². The largest absolute Gasteiger partial charge is 0.368 e. The number of thiophene rings is 1. The van der Waals surface area contributed by atoms with Gasteiger partial charge in [0, 0.05) is 13.6 Å². The van der Waals surface area contributed by atoms with Crippen LogP contribution in [0.4, 0.5) is 11.8 Å². The molecule has 3 rings (SSSR count). The third kappa shape index (κ3) is 1.99. The number of hydrogen-bond acceptors (Lipinski definition) is 6. The maximum atomic E-state index is 11.5. The molecule has 3 N–H and O–H groups in total. The van der Waals surface area contributed by atoms with E-state index in [0.717, 1.165) is 35.4 Å². The summed E-state index contributed by atoms with van der Waals surface area (Å²) in [5.41, 5.74) is 5.48. The molecule has 1 aliphatic heterocycles. The fourth-order valence-electron chi connectivity index (χ4n) is 2.49. The van der Waals surface area contributed by atoms with E-state index >= 15 is 0 Å². The molecule has 6 nitrogen and oxygen atoms in total. The number of anilines is 2. The minimum Gasteiger partial charge on any atom is -0.368 e. The Labute approximate surface area is 114 Å². The number of amides is 1. The van der Waals surface area contributed by atoms with E-state index in [2.05, 4.69) is 15.3 Å². The first-order valence-corrected chi connectivity index (χ1v) is 7.07. The van der Waals surface area contributed by atoms with Crippen molar-refractivity contribution in [3.8, 4) is 0 Å². The average Bonchev–Trinajstić information content (AvgIpc) is 3.05. The Kier molecular flexibility index (Phi) is 2.98. The van der Waals surface area contributed by atoms with Gasteiger partial charge in [-0.25, -0.2) is 4.98 Å². The fraction of sp³-hybridized carbons (Fsp3) is 0.417. The molecule has 7 heteroatoms. The second-order valence-corrected chi connectivity index (χ2v) is 5.41. The molecule has 0 aromatic carbocycles. The van der Waals surface area contributed by atoms with Crippen LogP contribution in [0.5, 0.6) is 0 Å². The van der Waals surface area contributed by atoms with Gasteiger partial charge in [0.05, 0.1) is 5.39 Å². The number of carbonyl (C=O) groups excluding carboxylic acids is 1. The molecule has 2 aromatic heterocycles. The number of nitrogens with zero attached hydrogens (tertiary/aromatic N) is 3. The van der Waals surface area contributed by atoms with E-state index in [9.17, 15) is 4.79 Å². The lowest BCUT2D eigenvalue weighted by molar-refractivity contribution is -0.119. The van der Waals surface area contributed by atoms with Crippen molar-refractivity contribution < 1.29 is 4.79 Å². The lowest BCUT2D eigenvalue weighted by Gasteiger charge is -2.24. The van der Waals surface area contributed by atoms with E-state index in [-0.39, 0.29) is 11.9 Å². The Bertz CT molecular complexity index is 626. The molecule has 0 radical (unpaired) electrons. The summed E-state index contributed by atoms with van der Waals surface area (Å²) in [6.07, 6.45) is 1.75. The zero-order valence-corrected chi connectivity index (χ0v) is 11.4. The summed E-state index contributed by atoms with van der Waals surface area (Å²) >= 11 is 1.57. The standard InChI is InChI=1S/C12H15N5OS/c1-14-12-15-10(7-4-6-19-11(7)16-12)17-5-2-3-8(17)9(13)18/h4,6,8H,2-3,5H2,1H3,(H2,13,18)(H,14,15,16). The lowest BCUT2D eigenvalue weighted by atomic mass is 10.2. The number of nitrogens with one attached hydrogen (secondary N) is 1. The van der Waals surface area contributed by atoms with Gasteiger partial charge in [-0.3, -0.25) is 4.79 Å². The van der Waals surface area contributed by atoms with Gasteiger partial charge in [-0.2, -0.15) is 4.98 Å². The third-order valence-electron chi connectivity index (χ3n) is 3.38. The Morgan fingerprint density at radius 2 is 2.42 bits per heavy atom. The fourth-order valence-corrected chi connectivity index (χ4v) is 3.25. The van der Waals surface area contributed by atoms with Crippen LogP contribution in [-0.4, -0.2) is 35.5 Å². The van der Waals surface area contributed by atoms with Crippen molar-refractivity contribution >= 4 is 39.2 Å². The second-order valence-electron chi connectivity index (χ2n) is 4.51. The zero-order valence-electron chi connectivity index (χ0n) is 10.6. The number of hydrogen-bond donors (Lipinski definition) is 2. The first-order valence-electron chi connectivity index (χ1n) is 6.19. The van der Waals surface area contributed by atoms with Crippen LogP contribution in [0.3, 0.4) is 0 Å². The highest BCUT2D eigenvalue weighted by atomic mass is 32.1. The van der Waals surface area contributed by atoms with Gasteiger partial charge in [-0.15, -0.1) is 11.3 Å². The van der Waals surface area contributed by atoms with E-state index in [1.54, 1.807) is 18.4 Å². The van der Waals surface area contributed by atoms with E-state index < -0.39 is 0 Å². The van der Waals surface area contributed by atoms with Crippen LogP contribution < -0.4 is 16.0 Å².